The van der Waals surface area contributed by atoms with Gasteiger partial charge in [-0.2, -0.15) is 0 Å². The fraction of sp³-hybridized carbons (Fsp3) is 0.417. The molecular formula is C24H28N4O2S. The second-order valence-electron chi connectivity index (χ2n) is 8.50. The first-order valence-electron chi connectivity index (χ1n) is 11.1. The number of rotatable bonds is 4. The molecule has 162 valence electrons. The molecule has 2 saturated heterocycles. The summed E-state index contributed by atoms with van der Waals surface area (Å²) >= 11 is 1.52. The van der Waals surface area contributed by atoms with Gasteiger partial charge in [0.25, 0.3) is 11.8 Å². The minimum Gasteiger partial charge on any atom is -0.369 e. The molecular weight excluding hydrogens is 408 g/mol. The van der Waals surface area contributed by atoms with E-state index in [4.69, 9.17) is 0 Å². The van der Waals surface area contributed by atoms with E-state index >= 15 is 0 Å². The third kappa shape index (κ3) is 3.77. The number of imide groups is 1. The lowest BCUT2D eigenvalue weighted by Crippen LogP contribution is -2.44. The first kappa shape index (κ1) is 20.3. The highest BCUT2D eigenvalue weighted by Gasteiger charge is 2.43. The van der Waals surface area contributed by atoms with Gasteiger partial charge in [0.15, 0.2) is 0 Å². The number of carbonyl (C=O) groups is 2. The highest BCUT2D eigenvalue weighted by atomic mass is 32.1. The van der Waals surface area contributed by atoms with Crippen LogP contribution < -0.4 is 9.80 Å². The quantitative estimate of drug-likeness (QED) is 0.689. The van der Waals surface area contributed by atoms with Crippen LogP contribution in [-0.2, 0) is 9.59 Å². The van der Waals surface area contributed by atoms with Gasteiger partial charge in [0.05, 0.1) is 11.3 Å². The number of likely N-dealkylation sites (tertiary alicyclic amines) is 1. The Kier molecular flexibility index (Phi) is 5.54. The standard InChI is InChI=1S/C24H28N4O2S/c1-25-13-15-26(16-14-25)18-7-9-19(10-8-18)28-23(29)21(20-6-5-17-31-20)22(24(28)30)27-11-3-2-4-12-27/h5-10,17H,2-4,11-16H2,1H3. The highest BCUT2D eigenvalue weighted by Crippen LogP contribution is 2.37. The van der Waals surface area contributed by atoms with Crippen LogP contribution in [0.1, 0.15) is 24.1 Å². The number of hydrogen-bond acceptors (Lipinski definition) is 6. The van der Waals surface area contributed by atoms with Gasteiger partial charge in [-0.1, -0.05) is 6.07 Å². The molecule has 0 radical (unpaired) electrons. The smallest absolute Gasteiger partial charge is 0.282 e. The van der Waals surface area contributed by atoms with Crippen molar-refractivity contribution in [1.29, 1.82) is 0 Å². The van der Waals surface area contributed by atoms with Crippen LogP contribution in [0.3, 0.4) is 0 Å². The number of thiophene rings is 1. The normalized spacial score (nSPS) is 20.9. The summed E-state index contributed by atoms with van der Waals surface area (Å²) < 4.78 is 0. The van der Waals surface area contributed by atoms with Crippen molar-refractivity contribution in [3.63, 3.8) is 0 Å². The molecule has 2 amide bonds. The number of hydrogen-bond donors (Lipinski definition) is 0. The summed E-state index contributed by atoms with van der Waals surface area (Å²) in [5.74, 6) is -0.400. The molecule has 2 aromatic rings. The average molecular weight is 437 g/mol. The van der Waals surface area contributed by atoms with E-state index in [1.807, 2.05) is 41.8 Å². The van der Waals surface area contributed by atoms with Gasteiger partial charge in [-0.15, -0.1) is 11.3 Å². The van der Waals surface area contributed by atoms with Gasteiger partial charge in [0.2, 0.25) is 0 Å². The maximum atomic E-state index is 13.5. The van der Waals surface area contributed by atoms with Gasteiger partial charge < -0.3 is 14.7 Å². The predicted octanol–water partition coefficient (Wildman–Crippen LogP) is 3.27. The van der Waals surface area contributed by atoms with Gasteiger partial charge in [-0.05, 0) is 62.0 Å². The van der Waals surface area contributed by atoms with Crippen LogP contribution in [0.4, 0.5) is 11.4 Å². The Morgan fingerprint density at radius 1 is 0.742 bits per heavy atom. The molecule has 6 nitrogen and oxygen atoms in total. The Labute approximate surface area is 187 Å². The average Bonchev–Trinajstić information content (AvgIpc) is 3.41. The van der Waals surface area contributed by atoms with Crippen LogP contribution in [0.25, 0.3) is 5.57 Å². The molecule has 3 aliphatic rings. The van der Waals surface area contributed by atoms with E-state index < -0.39 is 0 Å². The van der Waals surface area contributed by atoms with E-state index in [1.165, 1.54) is 22.7 Å². The number of benzene rings is 1. The summed E-state index contributed by atoms with van der Waals surface area (Å²) in [6.07, 6.45) is 3.29. The van der Waals surface area contributed by atoms with Gasteiger partial charge in [-0.25, -0.2) is 4.90 Å². The second-order valence-corrected chi connectivity index (χ2v) is 9.45. The third-order valence-corrected chi connectivity index (χ3v) is 7.36. The Morgan fingerprint density at radius 2 is 1.42 bits per heavy atom. The number of anilines is 2. The fourth-order valence-electron chi connectivity index (χ4n) is 4.68. The molecule has 7 heteroatoms. The molecule has 0 spiro atoms. The summed E-state index contributed by atoms with van der Waals surface area (Å²) in [6.45, 7) is 5.72. The Bertz CT molecular complexity index is 985. The van der Waals surface area contributed by atoms with Crippen molar-refractivity contribution in [2.45, 2.75) is 19.3 Å². The van der Waals surface area contributed by atoms with Crippen molar-refractivity contribution < 1.29 is 9.59 Å². The maximum Gasteiger partial charge on any atom is 0.282 e. The van der Waals surface area contributed by atoms with Crippen LogP contribution >= 0.6 is 11.3 Å². The molecule has 1 aromatic heterocycles. The molecule has 0 N–H and O–H groups in total. The number of likely N-dealkylation sites (N-methyl/N-ethyl adjacent to an activating group) is 1. The van der Waals surface area contributed by atoms with Crippen LogP contribution in [0.5, 0.6) is 0 Å². The zero-order chi connectivity index (χ0) is 21.4. The predicted molar refractivity (Wildman–Crippen MR) is 125 cm³/mol. The summed E-state index contributed by atoms with van der Waals surface area (Å²) in [6, 6.07) is 11.8. The molecule has 2 fully saturated rings. The summed E-state index contributed by atoms with van der Waals surface area (Å²) in [5, 5.41) is 1.96. The van der Waals surface area contributed by atoms with Crippen molar-refractivity contribution in [2.24, 2.45) is 0 Å². The fourth-order valence-corrected chi connectivity index (χ4v) is 5.45. The van der Waals surface area contributed by atoms with Crippen molar-refractivity contribution in [2.75, 3.05) is 56.1 Å². The lowest BCUT2D eigenvalue weighted by molar-refractivity contribution is -0.120. The van der Waals surface area contributed by atoms with Gasteiger partial charge in [0, 0.05) is 49.8 Å². The van der Waals surface area contributed by atoms with Crippen molar-refractivity contribution in [1.82, 2.24) is 9.80 Å². The number of amides is 2. The van der Waals surface area contributed by atoms with E-state index in [0.717, 1.165) is 62.7 Å². The van der Waals surface area contributed by atoms with Crippen LogP contribution in [0, 0.1) is 0 Å². The lowest BCUT2D eigenvalue weighted by Gasteiger charge is -2.34. The minimum absolute atomic E-state index is 0.192. The van der Waals surface area contributed by atoms with Crippen molar-refractivity contribution in [3.05, 3.63) is 52.4 Å². The van der Waals surface area contributed by atoms with Crippen LogP contribution in [0.15, 0.2) is 47.5 Å². The number of piperazine rings is 1. The second kappa shape index (κ2) is 8.48. The van der Waals surface area contributed by atoms with Gasteiger partial charge in [-0.3, -0.25) is 9.59 Å². The van der Waals surface area contributed by atoms with Crippen LogP contribution in [0.2, 0.25) is 0 Å². The zero-order valence-corrected chi connectivity index (χ0v) is 18.7. The molecule has 0 aliphatic carbocycles. The molecule has 0 bridgehead atoms. The first-order valence-corrected chi connectivity index (χ1v) is 12.0. The molecule has 5 rings (SSSR count). The van der Waals surface area contributed by atoms with Crippen molar-refractivity contribution >= 4 is 40.1 Å². The largest absolute Gasteiger partial charge is 0.369 e. The van der Waals surface area contributed by atoms with E-state index in [1.54, 1.807) is 0 Å². The molecule has 0 unspecified atom stereocenters. The topological polar surface area (TPSA) is 47.1 Å². The summed E-state index contributed by atoms with van der Waals surface area (Å²) in [7, 11) is 2.14. The molecule has 31 heavy (non-hydrogen) atoms. The zero-order valence-electron chi connectivity index (χ0n) is 17.9. The maximum absolute atomic E-state index is 13.5. The van der Waals surface area contributed by atoms with E-state index in [2.05, 4.69) is 21.7 Å². The molecule has 1 aromatic carbocycles. The van der Waals surface area contributed by atoms with E-state index in [0.29, 0.717) is 17.0 Å². The Morgan fingerprint density at radius 3 is 2.06 bits per heavy atom. The van der Waals surface area contributed by atoms with E-state index in [-0.39, 0.29) is 11.8 Å². The first-order chi connectivity index (χ1) is 15.1. The van der Waals surface area contributed by atoms with Crippen LogP contribution in [-0.4, -0.2) is 67.9 Å². The molecule has 4 heterocycles. The summed E-state index contributed by atoms with van der Waals surface area (Å²) in [4.78, 5) is 36.1. The number of piperidine rings is 1. The number of nitrogens with zero attached hydrogens (tertiary/aromatic N) is 4. The molecule has 3 aliphatic heterocycles. The van der Waals surface area contributed by atoms with Gasteiger partial charge in [0.1, 0.15) is 5.70 Å². The summed E-state index contributed by atoms with van der Waals surface area (Å²) in [5.41, 5.74) is 2.92. The molecule has 0 atom stereocenters. The van der Waals surface area contributed by atoms with Crippen molar-refractivity contribution in [3.8, 4) is 0 Å². The Balaban J connectivity index is 1.44. The van der Waals surface area contributed by atoms with E-state index in [9.17, 15) is 9.59 Å². The molecule has 0 saturated carbocycles. The Hall–Kier alpha value is -2.64. The number of carbonyl (C=O) groups excluding carboxylic acids is 2. The minimum atomic E-state index is -0.208. The highest BCUT2D eigenvalue weighted by molar-refractivity contribution is 7.11. The SMILES string of the molecule is CN1CCN(c2ccc(N3C(=O)C(c4cccs4)=C(N4CCCCC4)C3=O)cc2)CC1. The lowest BCUT2D eigenvalue weighted by atomic mass is 10.1. The third-order valence-electron chi connectivity index (χ3n) is 6.48. The monoisotopic (exact) mass is 436 g/mol. The van der Waals surface area contributed by atoms with Gasteiger partial charge >= 0.3 is 0 Å².